The molecule has 1 aliphatic rings. The fourth-order valence-electron chi connectivity index (χ4n) is 2.75. The molecule has 2 N–H and O–H groups in total. The minimum Gasteiger partial charge on any atom is -0.477 e. The molecule has 1 aromatic carbocycles. The van der Waals surface area contributed by atoms with E-state index in [0.717, 1.165) is 41.8 Å². The molecule has 0 bridgehead atoms. The Balaban J connectivity index is 1.85. The number of fused-ring (bicyclic) bond motifs is 3. The highest BCUT2D eigenvalue weighted by atomic mass is 16.4. The predicted octanol–water partition coefficient (Wildman–Crippen LogP) is 2.07. The second-order valence-corrected chi connectivity index (χ2v) is 4.96. The summed E-state index contributed by atoms with van der Waals surface area (Å²) in [5, 5.41) is 15.5. The number of aryl methyl sites for hydroxylation is 2. The maximum absolute atomic E-state index is 10.9. The number of nitrogens with zero attached hydrogens (tertiary/aromatic N) is 3. The molecule has 0 spiro atoms. The number of hydrogen-bond donors (Lipinski definition) is 2. The standard InChI is InChI=1S/C14H12N4O2/c19-14(20)11-7-10(16-17-11)8-3-4-9-12(6-8)18-5-1-2-13(18)15-9/h3-4,6-7H,1-2,5H2,(H,16,17)(H,19,20). The lowest BCUT2D eigenvalue weighted by Crippen LogP contribution is -1.95. The van der Waals surface area contributed by atoms with Crippen molar-refractivity contribution in [3.63, 3.8) is 0 Å². The highest BCUT2D eigenvalue weighted by Gasteiger charge is 2.17. The summed E-state index contributed by atoms with van der Waals surface area (Å²) < 4.78 is 2.23. The summed E-state index contributed by atoms with van der Waals surface area (Å²) in [7, 11) is 0. The monoisotopic (exact) mass is 268 g/mol. The van der Waals surface area contributed by atoms with Crippen LogP contribution in [0.15, 0.2) is 24.3 Å². The molecule has 1 aliphatic heterocycles. The summed E-state index contributed by atoms with van der Waals surface area (Å²) in [6.45, 7) is 0.996. The van der Waals surface area contributed by atoms with Crippen molar-refractivity contribution in [3.8, 4) is 11.3 Å². The first-order valence-corrected chi connectivity index (χ1v) is 6.50. The highest BCUT2D eigenvalue weighted by Crippen LogP contribution is 2.27. The normalized spacial score (nSPS) is 13.8. The van der Waals surface area contributed by atoms with E-state index in [2.05, 4.69) is 19.7 Å². The van der Waals surface area contributed by atoms with E-state index in [4.69, 9.17) is 5.11 Å². The van der Waals surface area contributed by atoms with Gasteiger partial charge in [0, 0.05) is 18.5 Å². The van der Waals surface area contributed by atoms with E-state index in [1.165, 1.54) is 0 Å². The quantitative estimate of drug-likeness (QED) is 0.745. The van der Waals surface area contributed by atoms with Crippen LogP contribution in [-0.4, -0.2) is 30.8 Å². The number of aromatic amines is 1. The first kappa shape index (κ1) is 11.2. The average molecular weight is 268 g/mol. The lowest BCUT2D eigenvalue weighted by Gasteiger charge is -2.00. The van der Waals surface area contributed by atoms with Gasteiger partial charge >= 0.3 is 5.97 Å². The Labute approximate surface area is 114 Å². The van der Waals surface area contributed by atoms with Crippen LogP contribution in [-0.2, 0) is 13.0 Å². The molecule has 0 aliphatic carbocycles. The Hall–Kier alpha value is -2.63. The number of aromatic carboxylic acids is 1. The van der Waals surface area contributed by atoms with Crippen LogP contribution in [0.1, 0.15) is 22.7 Å². The van der Waals surface area contributed by atoms with E-state index in [1.54, 1.807) is 6.07 Å². The van der Waals surface area contributed by atoms with E-state index < -0.39 is 5.97 Å². The van der Waals surface area contributed by atoms with Crippen LogP contribution in [0.25, 0.3) is 22.3 Å². The van der Waals surface area contributed by atoms with Crippen molar-refractivity contribution in [2.45, 2.75) is 19.4 Å². The first-order valence-electron chi connectivity index (χ1n) is 6.50. The molecule has 0 saturated heterocycles. The van der Waals surface area contributed by atoms with E-state index in [-0.39, 0.29) is 5.69 Å². The van der Waals surface area contributed by atoms with Crippen LogP contribution in [0, 0.1) is 0 Å². The summed E-state index contributed by atoms with van der Waals surface area (Å²) in [6, 6.07) is 7.46. The molecule has 100 valence electrons. The molecule has 6 nitrogen and oxygen atoms in total. The zero-order valence-corrected chi connectivity index (χ0v) is 10.6. The number of benzene rings is 1. The van der Waals surface area contributed by atoms with E-state index in [9.17, 15) is 4.79 Å². The van der Waals surface area contributed by atoms with Gasteiger partial charge in [0.15, 0.2) is 0 Å². The molecule has 0 radical (unpaired) electrons. The van der Waals surface area contributed by atoms with Crippen molar-refractivity contribution in [1.29, 1.82) is 0 Å². The molecule has 0 fully saturated rings. The Morgan fingerprint density at radius 1 is 1.35 bits per heavy atom. The molecule has 20 heavy (non-hydrogen) atoms. The number of nitrogens with one attached hydrogen (secondary N) is 1. The summed E-state index contributed by atoms with van der Waals surface area (Å²) in [5.41, 5.74) is 3.71. The summed E-state index contributed by atoms with van der Waals surface area (Å²) in [4.78, 5) is 15.5. The van der Waals surface area contributed by atoms with Gasteiger partial charge < -0.3 is 9.67 Å². The minimum atomic E-state index is -1.00. The van der Waals surface area contributed by atoms with Crippen molar-refractivity contribution in [3.05, 3.63) is 35.8 Å². The van der Waals surface area contributed by atoms with Crippen LogP contribution >= 0.6 is 0 Å². The van der Waals surface area contributed by atoms with Crippen molar-refractivity contribution >= 4 is 17.0 Å². The van der Waals surface area contributed by atoms with Gasteiger partial charge in [-0.15, -0.1) is 0 Å². The molecule has 0 unspecified atom stereocenters. The molecule has 6 heteroatoms. The minimum absolute atomic E-state index is 0.0959. The molecule has 4 rings (SSSR count). The van der Waals surface area contributed by atoms with Crippen LogP contribution in [0.4, 0.5) is 0 Å². The summed E-state index contributed by atoms with van der Waals surface area (Å²) in [5.74, 6) is 0.125. The Bertz CT molecular complexity index is 831. The largest absolute Gasteiger partial charge is 0.477 e. The third-order valence-electron chi connectivity index (χ3n) is 3.71. The van der Waals surface area contributed by atoms with Gasteiger partial charge in [-0.1, -0.05) is 6.07 Å². The fraction of sp³-hybridized carbons (Fsp3) is 0.214. The van der Waals surface area contributed by atoms with Gasteiger partial charge in [0.1, 0.15) is 11.5 Å². The molecule has 0 saturated carbocycles. The maximum atomic E-state index is 10.9. The molecule has 3 heterocycles. The van der Waals surface area contributed by atoms with Crippen LogP contribution in [0.3, 0.4) is 0 Å². The Morgan fingerprint density at radius 3 is 3.05 bits per heavy atom. The third kappa shape index (κ3) is 1.54. The fourth-order valence-corrected chi connectivity index (χ4v) is 2.75. The predicted molar refractivity (Wildman–Crippen MR) is 72.6 cm³/mol. The zero-order valence-electron chi connectivity index (χ0n) is 10.6. The maximum Gasteiger partial charge on any atom is 0.353 e. The number of hydrogen-bond acceptors (Lipinski definition) is 3. The molecular weight excluding hydrogens is 256 g/mol. The Morgan fingerprint density at radius 2 is 2.25 bits per heavy atom. The van der Waals surface area contributed by atoms with Crippen molar-refractivity contribution < 1.29 is 9.90 Å². The van der Waals surface area contributed by atoms with E-state index >= 15 is 0 Å². The molecule has 0 atom stereocenters. The van der Waals surface area contributed by atoms with Crippen molar-refractivity contribution in [2.24, 2.45) is 0 Å². The number of rotatable bonds is 2. The van der Waals surface area contributed by atoms with Gasteiger partial charge in [0.05, 0.1) is 16.7 Å². The van der Waals surface area contributed by atoms with Gasteiger partial charge in [-0.05, 0) is 24.6 Å². The smallest absolute Gasteiger partial charge is 0.353 e. The van der Waals surface area contributed by atoms with E-state index in [0.29, 0.717) is 5.69 Å². The topological polar surface area (TPSA) is 83.8 Å². The van der Waals surface area contributed by atoms with Gasteiger partial charge in [0.2, 0.25) is 0 Å². The van der Waals surface area contributed by atoms with Crippen LogP contribution < -0.4 is 0 Å². The zero-order chi connectivity index (χ0) is 13.7. The highest BCUT2D eigenvalue weighted by molar-refractivity contribution is 5.88. The summed E-state index contributed by atoms with van der Waals surface area (Å²) >= 11 is 0. The van der Waals surface area contributed by atoms with Gasteiger partial charge in [0.25, 0.3) is 0 Å². The number of carbonyl (C=O) groups is 1. The number of aromatic nitrogens is 4. The van der Waals surface area contributed by atoms with Crippen molar-refractivity contribution in [1.82, 2.24) is 19.7 Å². The van der Waals surface area contributed by atoms with Crippen molar-refractivity contribution in [2.75, 3.05) is 0 Å². The lowest BCUT2D eigenvalue weighted by atomic mass is 10.1. The summed E-state index contributed by atoms with van der Waals surface area (Å²) in [6.07, 6.45) is 2.16. The first-order chi connectivity index (χ1) is 9.72. The molecule has 2 aromatic heterocycles. The average Bonchev–Trinajstić information content (AvgIpc) is 3.13. The number of H-pyrrole nitrogens is 1. The third-order valence-corrected chi connectivity index (χ3v) is 3.71. The second-order valence-electron chi connectivity index (χ2n) is 4.96. The van der Waals surface area contributed by atoms with Gasteiger partial charge in [-0.2, -0.15) is 5.10 Å². The Kier molecular flexibility index (Phi) is 2.20. The molecule has 3 aromatic rings. The van der Waals surface area contributed by atoms with Crippen LogP contribution in [0.5, 0.6) is 0 Å². The van der Waals surface area contributed by atoms with Gasteiger partial charge in [-0.25, -0.2) is 9.78 Å². The number of carboxylic acids is 1. The number of carboxylic acid groups (broad SMARTS) is 1. The molecular formula is C14H12N4O2. The lowest BCUT2D eigenvalue weighted by molar-refractivity contribution is 0.0690. The van der Waals surface area contributed by atoms with E-state index in [1.807, 2.05) is 18.2 Å². The van der Waals surface area contributed by atoms with Crippen LogP contribution in [0.2, 0.25) is 0 Å². The number of imidazole rings is 1. The second kappa shape index (κ2) is 3.93. The van der Waals surface area contributed by atoms with Gasteiger partial charge in [-0.3, -0.25) is 5.10 Å². The molecule has 0 amide bonds. The SMILES string of the molecule is O=C(O)c1cc(-c2ccc3nc4n(c3c2)CCC4)n[nH]1.